The van der Waals surface area contributed by atoms with Crippen LogP contribution in [0.15, 0.2) is 30.3 Å². The second-order valence-corrected chi connectivity index (χ2v) is 5.89. The minimum atomic E-state index is 0.480. The first-order valence-corrected chi connectivity index (χ1v) is 7.63. The van der Waals surface area contributed by atoms with Gasteiger partial charge in [-0.05, 0) is 35.6 Å². The minimum absolute atomic E-state index is 0.480. The van der Waals surface area contributed by atoms with Crippen LogP contribution in [0.2, 0.25) is 0 Å². The molecule has 114 valence electrons. The van der Waals surface area contributed by atoms with Gasteiger partial charge in [-0.15, -0.1) is 10.2 Å². The first-order valence-electron chi connectivity index (χ1n) is 7.63. The van der Waals surface area contributed by atoms with Crippen LogP contribution in [0.25, 0.3) is 0 Å². The van der Waals surface area contributed by atoms with Crippen LogP contribution >= 0.6 is 0 Å². The second kappa shape index (κ2) is 7.88. The fourth-order valence-electron chi connectivity index (χ4n) is 2.38. The van der Waals surface area contributed by atoms with E-state index in [1.165, 1.54) is 10.4 Å². The van der Waals surface area contributed by atoms with Gasteiger partial charge in [0.1, 0.15) is 0 Å². The lowest BCUT2D eigenvalue weighted by atomic mass is 9.94. The van der Waals surface area contributed by atoms with Crippen LogP contribution in [0.1, 0.15) is 37.6 Å². The number of hydrogen-bond acceptors (Lipinski definition) is 4. The van der Waals surface area contributed by atoms with Crippen LogP contribution in [0.3, 0.4) is 0 Å². The Hall–Kier alpha value is -1.75. The zero-order valence-corrected chi connectivity index (χ0v) is 13.2. The molecule has 5 nitrogen and oxygen atoms in total. The summed E-state index contributed by atoms with van der Waals surface area (Å²) >= 11 is 0. The molecule has 0 saturated heterocycles. The Bertz CT molecular complexity index is 520. The molecule has 0 aliphatic carbocycles. The lowest BCUT2D eigenvalue weighted by Gasteiger charge is -2.18. The molecule has 2 aromatic rings. The van der Waals surface area contributed by atoms with Gasteiger partial charge in [0.05, 0.1) is 7.05 Å². The van der Waals surface area contributed by atoms with Crippen molar-refractivity contribution < 1.29 is 0 Å². The molecule has 21 heavy (non-hydrogen) atoms. The van der Waals surface area contributed by atoms with Crippen molar-refractivity contribution >= 4 is 0 Å². The Morgan fingerprint density at radius 1 is 1.14 bits per heavy atom. The average molecular weight is 287 g/mol. The molecular weight excluding hydrogens is 262 g/mol. The van der Waals surface area contributed by atoms with Crippen molar-refractivity contribution in [2.45, 2.75) is 32.6 Å². The number of tetrazole rings is 1. The van der Waals surface area contributed by atoms with Gasteiger partial charge in [0.25, 0.3) is 0 Å². The summed E-state index contributed by atoms with van der Waals surface area (Å²) < 4.78 is 0. The van der Waals surface area contributed by atoms with E-state index < -0.39 is 0 Å². The van der Waals surface area contributed by atoms with Crippen LogP contribution in [-0.4, -0.2) is 33.3 Å². The van der Waals surface area contributed by atoms with Crippen LogP contribution in [0.4, 0.5) is 0 Å². The highest BCUT2D eigenvalue weighted by atomic mass is 15.6. The van der Waals surface area contributed by atoms with E-state index in [0.717, 1.165) is 31.8 Å². The lowest BCUT2D eigenvalue weighted by Crippen LogP contribution is -2.25. The largest absolute Gasteiger partial charge is 0.316 e. The molecule has 1 aromatic heterocycles. The quantitative estimate of drug-likeness (QED) is 0.808. The average Bonchev–Trinajstić information content (AvgIpc) is 2.89. The van der Waals surface area contributed by atoms with Crippen LogP contribution in [0.5, 0.6) is 0 Å². The third kappa shape index (κ3) is 5.27. The molecule has 1 unspecified atom stereocenters. The molecule has 0 spiro atoms. The molecule has 0 amide bonds. The molecule has 0 radical (unpaired) electrons. The summed E-state index contributed by atoms with van der Waals surface area (Å²) in [6.07, 6.45) is 1.89. The molecule has 0 bridgehead atoms. The Labute approximate surface area is 126 Å². The fraction of sp³-hybridized carbons (Fsp3) is 0.562. The zero-order chi connectivity index (χ0) is 15.1. The Morgan fingerprint density at radius 2 is 1.90 bits per heavy atom. The van der Waals surface area contributed by atoms with Crippen molar-refractivity contribution in [2.75, 3.05) is 13.1 Å². The van der Waals surface area contributed by atoms with E-state index in [1.54, 1.807) is 7.05 Å². The third-order valence-electron chi connectivity index (χ3n) is 3.48. The highest BCUT2D eigenvalue weighted by molar-refractivity contribution is 5.20. The molecule has 0 fully saturated rings. The maximum atomic E-state index is 4.26. The van der Waals surface area contributed by atoms with Crippen molar-refractivity contribution in [2.24, 2.45) is 13.0 Å². The first kappa shape index (κ1) is 15.6. The van der Waals surface area contributed by atoms with Crippen LogP contribution in [0, 0.1) is 5.92 Å². The predicted octanol–water partition coefficient (Wildman–Crippen LogP) is 2.17. The number of nitrogens with zero attached hydrogens (tertiary/aromatic N) is 4. The molecule has 1 N–H and O–H groups in total. The second-order valence-electron chi connectivity index (χ2n) is 5.89. The van der Waals surface area contributed by atoms with Gasteiger partial charge in [0.2, 0.25) is 0 Å². The minimum Gasteiger partial charge on any atom is -0.316 e. The number of rotatable bonds is 8. The van der Waals surface area contributed by atoms with Gasteiger partial charge in [-0.25, -0.2) is 0 Å². The molecule has 1 heterocycles. The van der Waals surface area contributed by atoms with E-state index in [4.69, 9.17) is 0 Å². The summed E-state index contributed by atoms with van der Waals surface area (Å²) in [5.41, 5.74) is 1.37. The molecule has 1 aromatic carbocycles. The van der Waals surface area contributed by atoms with E-state index in [9.17, 15) is 0 Å². The van der Waals surface area contributed by atoms with E-state index >= 15 is 0 Å². The van der Waals surface area contributed by atoms with Crippen molar-refractivity contribution in [3.8, 4) is 0 Å². The van der Waals surface area contributed by atoms with Crippen molar-refractivity contribution in [3.63, 3.8) is 0 Å². The van der Waals surface area contributed by atoms with Gasteiger partial charge in [-0.2, -0.15) is 4.80 Å². The van der Waals surface area contributed by atoms with Gasteiger partial charge in [0, 0.05) is 13.0 Å². The summed E-state index contributed by atoms with van der Waals surface area (Å²) in [5.74, 6) is 1.97. The molecule has 1 atom stereocenters. The summed E-state index contributed by atoms with van der Waals surface area (Å²) in [7, 11) is 1.80. The number of hydrogen-bond donors (Lipinski definition) is 1. The maximum absolute atomic E-state index is 4.26. The topological polar surface area (TPSA) is 55.6 Å². The van der Waals surface area contributed by atoms with Crippen molar-refractivity contribution in [1.82, 2.24) is 25.5 Å². The summed E-state index contributed by atoms with van der Waals surface area (Å²) in [5, 5.41) is 15.8. The van der Waals surface area contributed by atoms with Crippen LogP contribution in [-0.2, 0) is 13.5 Å². The molecule has 2 rings (SSSR count). The Kier molecular flexibility index (Phi) is 5.87. The number of aromatic nitrogens is 4. The first-order chi connectivity index (χ1) is 10.1. The van der Waals surface area contributed by atoms with Gasteiger partial charge in [-0.1, -0.05) is 44.2 Å². The van der Waals surface area contributed by atoms with E-state index in [2.05, 4.69) is 64.9 Å². The van der Waals surface area contributed by atoms with Gasteiger partial charge >= 0.3 is 0 Å². The third-order valence-corrected chi connectivity index (χ3v) is 3.48. The van der Waals surface area contributed by atoms with Gasteiger partial charge < -0.3 is 5.32 Å². The fourth-order valence-corrected chi connectivity index (χ4v) is 2.38. The van der Waals surface area contributed by atoms with E-state index in [1.807, 2.05) is 0 Å². The molecule has 5 heteroatoms. The summed E-state index contributed by atoms with van der Waals surface area (Å²) in [6.45, 7) is 6.50. The highest BCUT2D eigenvalue weighted by Crippen LogP contribution is 2.20. The monoisotopic (exact) mass is 287 g/mol. The number of benzene rings is 1. The van der Waals surface area contributed by atoms with E-state index in [0.29, 0.717) is 11.8 Å². The molecule has 0 aliphatic rings. The number of nitrogens with one attached hydrogen (secondary N) is 1. The van der Waals surface area contributed by atoms with Gasteiger partial charge in [-0.3, -0.25) is 0 Å². The van der Waals surface area contributed by atoms with E-state index in [-0.39, 0.29) is 0 Å². The molecule has 0 aliphatic heterocycles. The molecule has 0 saturated carbocycles. The SMILES string of the molecule is CC(C)CNCC(CCc1nnn(C)n1)c1ccccc1. The highest BCUT2D eigenvalue weighted by Gasteiger charge is 2.13. The summed E-state index contributed by atoms with van der Waals surface area (Å²) in [4.78, 5) is 1.52. The van der Waals surface area contributed by atoms with Gasteiger partial charge in [0.15, 0.2) is 5.82 Å². The normalized spacial score (nSPS) is 12.8. The number of aryl methyl sites for hydroxylation is 2. The summed E-state index contributed by atoms with van der Waals surface area (Å²) in [6, 6.07) is 10.7. The Morgan fingerprint density at radius 3 is 2.52 bits per heavy atom. The van der Waals surface area contributed by atoms with Crippen molar-refractivity contribution in [1.29, 1.82) is 0 Å². The smallest absolute Gasteiger partial charge is 0.174 e. The maximum Gasteiger partial charge on any atom is 0.174 e. The van der Waals surface area contributed by atoms with Crippen molar-refractivity contribution in [3.05, 3.63) is 41.7 Å². The zero-order valence-electron chi connectivity index (χ0n) is 13.2. The standard InChI is InChI=1S/C16H25N5/c1-13(2)11-17-12-15(14-7-5-4-6-8-14)9-10-16-18-20-21(3)19-16/h4-8,13,15,17H,9-12H2,1-3H3. The predicted molar refractivity (Wildman–Crippen MR) is 84.0 cm³/mol. The molecular formula is C16H25N5. The Balaban J connectivity index is 1.94. The van der Waals surface area contributed by atoms with Crippen LogP contribution < -0.4 is 5.32 Å². The lowest BCUT2D eigenvalue weighted by molar-refractivity contribution is 0.497.